The van der Waals surface area contributed by atoms with Gasteiger partial charge in [-0.05, 0) is 74.2 Å². The molecule has 3 N–H and O–H groups in total. The van der Waals surface area contributed by atoms with Gasteiger partial charge in [-0.15, -0.1) is 0 Å². The van der Waals surface area contributed by atoms with Crippen molar-refractivity contribution in [1.29, 1.82) is 0 Å². The average molecular weight is 343 g/mol. The van der Waals surface area contributed by atoms with Gasteiger partial charge in [0, 0.05) is 18.0 Å². The topological polar surface area (TPSA) is 81.0 Å². The first-order chi connectivity index (χ1) is 11.9. The van der Waals surface area contributed by atoms with Crippen molar-refractivity contribution in [3.63, 3.8) is 0 Å². The minimum absolute atomic E-state index is 0.0109. The number of rotatable bonds is 3. The number of carboxylic acid groups (broad SMARTS) is 1. The monoisotopic (exact) mass is 343 g/mol. The van der Waals surface area contributed by atoms with Gasteiger partial charge in [0.1, 0.15) is 5.75 Å². The second-order valence-electron chi connectivity index (χ2n) is 8.70. The number of carboxylic acids is 1. The molecule has 2 bridgehead atoms. The zero-order chi connectivity index (χ0) is 17.4. The summed E-state index contributed by atoms with van der Waals surface area (Å²) in [4.78, 5) is 14.2. The van der Waals surface area contributed by atoms with E-state index in [4.69, 9.17) is 0 Å². The summed E-state index contributed by atoms with van der Waals surface area (Å²) in [5.41, 5.74) is 0.608. The van der Waals surface area contributed by atoms with E-state index in [1.165, 1.54) is 18.4 Å². The van der Waals surface area contributed by atoms with Crippen LogP contribution in [0.5, 0.6) is 5.75 Å². The number of carbonyl (C=O) groups is 1. The Balaban J connectivity index is 1.64. The molecule has 1 saturated heterocycles. The lowest BCUT2D eigenvalue weighted by molar-refractivity contribution is -0.144. The molecule has 1 aliphatic heterocycles. The van der Waals surface area contributed by atoms with Gasteiger partial charge in [0.2, 0.25) is 0 Å². The minimum atomic E-state index is -1.01. The molecule has 5 nitrogen and oxygen atoms in total. The minimum Gasteiger partial charge on any atom is -0.508 e. The van der Waals surface area contributed by atoms with Gasteiger partial charge in [-0.25, -0.2) is 0 Å². The first-order valence-corrected chi connectivity index (χ1v) is 9.44. The Labute approximate surface area is 147 Å². The fourth-order valence-electron chi connectivity index (χ4n) is 6.00. The van der Waals surface area contributed by atoms with Crippen molar-refractivity contribution in [3.8, 4) is 5.75 Å². The zero-order valence-corrected chi connectivity index (χ0v) is 14.3. The Morgan fingerprint density at radius 3 is 2.80 bits per heavy atom. The Morgan fingerprint density at radius 1 is 1.28 bits per heavy atom. The van der Waals surface area contributed by atoms with Crippen LogP contribution in [0.25, 0.3) is 0 Å². The number of hydrogen-bond acceptors (Lipinski definition) is 4. The molecule has 5 heteroatoms. The number of benzene rings is 1. The summed E-state index contributed by atoms with van der Waals surface area (Å²) in [5, 5.41) is 31.5. The maximum Gasteiger partial charge on any atom is 0.306 e. The van der Waals surface area contributed by atoms with Crippen LogP contribution in [0.1, 0.15) is 43.2 Å². The van der Waals surface area contributed by atoms with E-state index in [9.17, 15) is 20.1 Å². The van der Waals surface area contributed by atoms with Gasteiger partial charge in [-0.3, -0.25) is 9.69 Å². The molecule has 4 aliphatic rings. The molecule has 1 aromatic carbocycles. The van der Waals surface area contributed by atoms with Gasteiger partial charge in [0.25, 0.3) is 0 Å². The number of nitrogens with zero attached hydrogens (tertiary/aromatic N) is 1. The van der Waals surface area contributed by atoms with E-state index >= 15 is 0 Å². The highest BCUT2D eigenvalue weighted by Gasteiger charge is 2.68. The first-order valence-electron chi connectivity index (χ1n) is 9.44. The molecule has 4 atom stereocenters. The maximum absolute atomic E-state index is 11.9. The predicted molar refractivity (Wildman–Crippen MR) is 91.5 cm³/mol. The van der Waals surface area contributed by atoms with E-state index in [0.29, 0.717) is 12.8 Å². The van der Waals surface area contributed by atoms with E-state index in [1.54, 1.807) is 12.1 Å². The molecule has 1 aromatic rings. The van der Waals surface area contributed by atoms with Gasteiger partial charge in [-0.1, -0.05) is 6.07 Å². The van der Waals surface area contributed by atoms with Gasteiger partial charge in [-0.2, -0.15) is 0 Å². The lowest BCUT2D eigenvalue weighted by Crippen LogP contribution is -2.69. The highest BCUT2D eigenvalue weighted by Crippen LogP contribution is 2.61. The molecule has 2 saturated carbocycles. The molecule has 0 spiro atoms. The number of likely N-dealkylation sites (tertiary alicyclic amines) is 1. The summed E-state index contributed by atoms with van der Waals surface area (Å²) in [6.45, 7) is 1.93. The van der Waals surface area contributed by atoms with Crippen LogP contribution in [-0.2, 0) is 16.6 Å². The van der Waals surface area contributed by atoms with E-state index in [2.05, 4.69) is 4.90 Å². The molecule has 0 unspecified atom stereocenters. The van der Waals surface area contributed by atoms with Crippen molar-refractivity contribution in [2.45, 2.75) is 55.6 Å². The van der Waals surface area contributed by atoms with Gasteiger partial charge < -0.3 is 15.3 Å². The van der Waals surface area contributed by atoms with Crippen LogP contribution in [0.3, 0.4) is 0 Å². The van der Waals surface area contributed by atoms with Gasteiger partial charge >= 0.3 is 5.97 Å². The summed E-state index contributed by atoms with van der Waals surface area (Å²) in [6.07, 6.45) is 4.86. The predicted octanol–water partition coefficient (Wildman–Crippen LogP) is 1.90. The largest absolute Gasteiger partial charge is 0.508 e. The summed E-state index contributed by atoms with van der Waals surface area (Å²) in [7, 11) is 0. The molecule has 134 valence electrons. The third-order valence-electron chi connectivity index (χ3n) is 7.36. The fraction of sp³-hybridized carbons (Fsp3) is 0.650. The smallest absolute Gasteiger partial charge is 0.306 e. The number of piperidine rings is 1. The third kappa shape index (κ3) is 2.05. The molecule has 0 aromatic heterocycles. The third-order valence-corrected chi connectivity index (χ3v) is 7.36. The summed E-state index contributed by atoms with van der Waals surface area (Å²) in [5.74, 6) is -0.373. The van der Waals surface area contributed by atoms with E-state index < -0.39 is 22.9 Å². The van der Waals surface area contributed by atoms with Crippen molar-refractivity contribution < 1.29 is 20.1 Å². The summed E-state index contributed by atoms with van der Waals surface area (Å²) < 4.78 is 0. The van der Waals surface area contributed by atoms with Crippen molar-refractivity contribution >= 4 is 5.97 Å². The van der Waals surface area contributed by atoms with Gasteiger partial charge in [0.15, 0.2) is 0 Å². The quantitative estimate of drug-likeness (QED) is 0.781. The number of phenols is 1. The molecule has 0 radical (unpaired) electrons. The van der Waals surface area contributed by atoms with Crippen molar-refractivity contribution in [1.82, 2.24) is 4.90 Å². The molecule has 3 aliphatic carbocycles. The first kappa shape index (κ1) is 15.6. The normalized spacial score (nSPS) is 39.7. The Kier molecular flexibility index (Phi) is 3.12. The molecule has 3 fully saturated rings. The molecule has 25 heavy (non-hydrogen) atoms. The molecular formula is C20H25NO4. The Bertz CT molecular complexity index is 745. The molecule has 5 rings (SSSR count). The SMILES string of the molecule is O=C(O)[C@@H]1C[C@]23CCN(CC4CC4)[C@H](Cc4ccc(O)cc42)[C@]3(O)C1. The van der Waals surface area contributed by atoms with Gasteiger partial charge in [0.05, 0.1) is 11.5 Å². The standard InChI is InChI=1S/C20H25NO4/c22-15-4-3-13-7-17-20(25)10-14(18(23)24)9-19(20,16(13)8-15)5-6-21(17)11-12-1-2-12/h3-4,8,12,14,17,22,25H,1-2,5-7,9-11H2,(H,23,24)/t14-,17-,19-,20-/m1/s1. The van der Waals surface area contributed by atoms with Crippen LogP contribution < -0.4 is 0 Å². The fourth-order valence-corrected chi connectivity index (χ4v) is 6.00. The molecule has 1 heterocycles. The summed E-state index contributed by atoms with van der Waals surface area (Å²) in [6, 6.07) is 5.44. The number of aliphatic carboxylic acids is 1. The van der Waals surface area contributed by atoms with E-state index in [1.807, 2.05) is 6.07 Å². The molecular weight excluding hydrogens is 318 g/mol. The van der Waals surface area contributed by atoms with Crippen LogP contribution in [0.15, 0.2) is 18.2 Å². The highest BCUT2D eigenvalue weighted by atomic mass is 16.4. The van der Waals surface area contributed by atoms with Crippen molar-refractivity contribution in [3.05, 3.63) is 29.3 Å². The zero-order valence-electron chi connectivity index (χ0n) is 14.3. The Morgan fingerprint density at radius 2 is 2.08 bits per heavy atom. The number of phenolic OH excluding ortho intramolecular Hbond substituents is 1. The average Bonchev–Trinajstić information content (AvgIpc) is 3.30. The van der Waals surface area contributed by atoms with Crippen LogP contribution in [0.4, 0.5) is 0 Å². The van der Waals surface area contributed by atoms with Crippen molar-refractivity contribution in [2.24, 2.45) is 11.8 Å². The lowest BCUT2D eigenvalue weighted by Gasteiger charge is -2.59. The highest BCUT2D eigenvalue weighted by molar-refractivity contribution is 5.72. The van der Waals surface area contributed by atoms with Crippen LogP contribution >= 0.6 is 0 Å². The van der Waals surface area contributed by atoms with Crippen LogP contribution in [0.2, 0.25) is 0 Å². The summed E-state index contributed by atoms with van der Waals surface area (Å²) >= 11 is 0. The van der Waals surface area contributed by atoms with E-state index in [0.717, 1.165) is 37.4 Å². The second-order valence-corrected chi connectivity index (χ2v) is 8.70. The van der Waals surface area contributed by atoms with E-state index in [-0.39, 0.29) is 11.8 Å². The Hall–Kier alpha value is -1.59. The number of aromatic hydroxyl groups is 1. The maximum atomic E-state index is 11.9. The van der Waals surface area contributed by atoms with Crippen LogP contribution in [-0.4, -0.2) is 50.9 Å². The van der Waals surface area contributed by atoms with Crippen molar-refractivity contribution in [2.75, 3.05) is 13.1 Å². The number of aliphatic hydroxyl groups is 1. The lowest BCUT2D eigenvalue weighted by atomic mass is 9.56. The number of hydrogen-bond donors (Lipinski definition) is 3. The second kappa shape index (κ2) is 4.98. The van der Waals surface area contributed by atoms with Crippen LogP contribution in [0, 0.1) is 11.8 Å². The molecule has 0 amide bonds. The number of fused-ring (bicyclic) bond motifs is 1.